The third-order valence-corrected chi connectivity index (χ3v) is 5.16. The summed E-state index contributed by atoms with van der Waals surface area (Å²) < 4.78 is 0. The molecule has 0 spiro atoms. The second-order valence-corrected chi connectivity index (χ2v) is 7.30. The molecule has 0 atom stereocenters. The van der Waals surface area contributed by atoms with Gasteiger partial charge in [-0.15, -0.1) is 0 Å². The van der Waals surface area contributed by atoms with E-state index >= 15 is 0 Å². The molecule has 2 aromatic rings. The van der Waals surface area contributed by atoms with E-state index in [-0.39, 0.29) is 11.8 Å². The van der Waals surface area contributed by atoms with E-state index in [0.717, 1.165) is 44.5 Å². The smallest absolute Gasteiger partial charge is 0.253 e. The normalized spacial score (nSPS) is 14.8. The van der Waals surface area contributed by atoms with Gasteiger partial charge in [-0.05, 0) is 61.4 Å². The predicted molar refractivity (Wildman–Crippen MR) is 109 cm³/mol. The van der Waals surface area contributed by atoms with Crippen LogP contribution in [0.4, 0.5) is 5.69 Å². The second-order valence-electron chi connectivity index (χ2n) is 7.30. The van der Waals surface area contributed by atoms with Crippen LogP contribution in [-0.2, 0) is 11.2 Å². The summed E-state index contributed by atoms with van der Waals surface area (Å²) in [6, 6.07) is 17.8. The molecule has 1 aliphatic rings. The highest BCUT2D eigenvalue weighted by atomic mass is 16.2. The lowest BCUT2D eigenvalue weighted by Gasteiger charge is -2.32. The Morgan fingerprint density at radius 2 is 1.67 bits per heavy atom. The molecule has 0 unspecified atom stereocenters. The summed E-state index contributed by atoms with van der Waals surface area (Å²) in [5.74, 6) is 0.740. The molecular weight excluding hydrogens is 336 g/mol. The van der Waals surface area contributed by atoms with Crippen molar-refractivity contribution in [2.24, 2.45) is 5.92 Å². The Morgan fingerprint density at radius 3 is 2.30 bits per heavy atom. The average molecular weight is 364 g/mol. The van der Waals surface area contributed by atoms with Gasteiger partial charge in [-0.2, -0.15) is 0 Å². The maximum Gasteiger partial charge on any atom is 0.253 e. The van der Waals surface area contributed by atoms with E-state index in [1.54, 1.807) is 12.1 Å². The molecule has 0 aliphatic carbocycles. The van der Waals surface area contributed by atoms with Gasteiger partial charge in [-0.25, -0.2) is 0 Å². The van der Waals surface area contributed by atoms with Crippen LogP contribution in [0, 0.1) is 5.92 Å². The van der Waals surface area contributed by atoms with Crippen molar-refractivity contribution in [3.63, 3.8) is 0 Å². The molecule has 1 fully saturated rings. The van der Waals surface area contributed by atoms with E-state index in [0.29, 0.717) is 17.9 Å². The van der Waals surface area contributed by atoms with E-state index in [4.69, 9.17) is 0 Å². The van der Waals surface area contributed by atoms with Crippen molar-refractivity contribution in [3.05, 3.63) is 65.7 Å². The minimum Gasteiger partial charge on any atom is -0.339 e. The van der Waals surface area contributed by atoms with Crippen molar-refractivity contribution >= 4 is 17.5 Å². The van der Waals surface area contributed by atoms with Crippen LogP contribution in [0.15, 0.2) is 54.6 Å². The highest BCUT2D eigenvalue weighted by molar-refractivity contribution is 5.95. The third-order valence-electron chi connectivity index (χ3n) is 5.16. The van der Waals surface area contributed by atoms with Crippen molar-refractivity contribution in [1.29, 1.82) is 0 Å². The number of benzene rings is 2. The van der Waals surface area contributed by atoms with Gasteiger partial charge in [-0.1, -0.05) is 37.3 Å². The second kappa shape index (κ2) is 9.36. The quantitative estimate of drug-likeness (QED) is 0.819. The molecule has 3 rings (SSSR count). The molecule has 27 heavy (non-hydrogen) atoms. The number of rotatable bonds is 6. The fraction of sp³-hybridized carbons (Fsp3) is 0.391. The number of likely N-dealkylation sites (tertiary alicyclic amines) is 1. The number of hydrogen-bond donors (Lipinski definition) is 1. The van der Waals surface area contributed by atoms with Gasteiger partial charge in [0.2, 0.25) is 5.91 Å². The molecule has 4 nitrogen and oxygen atoms in total. The summed E-state index contributed by atoms with van der Waals surface area (Å²) in [4.78, 5) is 26.3. The molecular formula is C23H28N2O2. The maximum absolute atomic E-state index is 12.7. The number of piperidine rings is 1. The molecule has 0 saturated carbocycles. The summed E-state index contributed by atoms with van der Waals surface area (Å²) in [7, 11) is 0. The van der Waals surface area contributed by atoms with Gasteiger partial charge < -0.3 is 10.2 Å². The van der Waals surface area contributed by atoms with Crippen LogP contribution in [0.3, 0.4) is 0 Å². The minimum atomic E-state index is 0.0112. The first-order chi connectivity index (χ1) is 13.2. The zero-order valence-electron chi connectivity index (χ0n) is 16.0. The first-order valence-corrected chi connectivity index (χ1v) is 9.89. The van der Waals surface area contributed by atoms with Gasteiger partial charge in [0, 0.05) is 30.8 Å². The van der Waals surface area contributed by atoms with Gasteiger partial charge in [-0.3, -0.25) is 9.59 Å². The van der Waals surface area contributed by atoms with Crippen LogP contribution < -0.4 is 5.32 Å². The SMILES string of the molecule is CCCC(=O)Nc1ccc(C(=O)N2CCC(Cc3ccccc3)CC2)cc1. The number of hydrogen-bond acceptors (Lipinski definition) is 2. The molecule has 4 heteroatoms. The minimum absolute atomic E-state index is 0.0112. The summed E-state index contributed by atoms with van der Waals surface area (Å²) >= 11 is 0. The lowest BCUT2D eigenvalue weighted by molar-refractivity contribution is -0.116. The van der Waals surface area contributed by atoms with Crippen LogP contribution in [0.2, 0.25) is 0 Å². The topological polar surface area (TPSA) is 49.4 Å². The maximum atomic E-state index is 12.7. The zero-order valence-corrected chi connectivity index (χ0v) is 16.0. The fourth-order valence-electron chi connectivity index (χ4n) is 3.62. The molecule has 2 aromatic carbocycles. The Kier molecular flexibility index (Phi) is 6.64. The molecule has 142 valence electrons. The largest absolute Gasteiger partial charge is 0.339 e. The van der Waals surface area contributed by atoms with E-state index < -0.39 is 0 Å². The Balaban J connectivity index is 1.51. The number of amides is 2. The zero-order chi connectivity index (χ0) is 19.1. The highest BCUT2D eigenvalue weighted by Gasteiger charge is 2.23. The lowest BCUT2D eigenvalue weighted by Crippen LogP contribution is -2.38. The van der Waals surface area contributed by atoms with Crippen molar-refractivity contribution in [2.45, 2.75) is 39.0 Å². The van der Waals surface area contributed by atoms with E-state index in [2.05, 4.69) is 29.6 Å². The average Bonchev–Trinajstić information content (AvgIpc) is 2.70. The first kappa shape index (κ1) is 19.2. The Hall–Kier alpha value is -2.62. The number of carbonyl (C=O) groups is 2. The Morgan fingerprint density at radius 1 is 1.00 bits per heavy atom. The first-order valence-electron chi connectivity index (χ1n) is 9.89. The number of anilines is 1. The number of nitrogens with one attached hydrogen (secondary N) is 1. The summed E-state index contributed by atoms with van der Waals surface area (Å²) in [6.45, 7) is 3.60. The molecule has 2 amide bonds. The molecule has 0 radical (unpaired) electrons. The van der Waals surface area contributed by atoms with E-state index in [9.17, 15) is 9.59 Å². The molecule has 1 heterocycles. The monoisotopic (exact) mass is 364 g/mol. The highest BCUT2D eigenvalue weighted by Crippen LogP contribution is 2.23. The number of nitrogens with zero attached hydrogens (tertiary/aromatic N) is 1. The summed E-state index contributed by atoms with van der Waals surface area (Å²) in [5, 5.41) is 2.85. The Labute approximate surface area is 161 Å². The van der Waals surface area contributed by atoms with Gasteiger partial charge in [0.1, 0.15) is 0 Å². The molecule has 0 aromatic heterocycles. The van der Waals surface area contributed by atoms with Crippen LogP contribution in [0.1, 0.15) is 48.5 Å². The van der Waals surface area contributed by atoms with Gasteiger partial charge in [0.15, 0.2) is 0 Å². The molecule has 1 N–H and O–H groups in total. The van der Waals surface area contributed by atoms with E-state index in [1.807, 2.05) is 30.0 Å². The van der Waals surface area contributed by atoms with Gasteiger partial charge in [0.25, 0.3) is 5.91 Å². The van der Waals surface area contributed by atoms with E-state index in [1.165, 1.54) is 5.56 Å². The number of carbonyl (C=O) groups excluding carboxylic acids is 2. The Bertz CT molecular complexity index is 748. The van der Waals surface area contributed by atoms with Gasteiger partial charge >= 0.3 is 0 Å². The van der Waals surface area contributed by atoms with Crippen molar-refractivity contribution in [2.75, 3.05) is 18.4 Å². The molecule has 1 aliphatic heterocycles. The summed E-state index contributed by atoms with van der Waals surface area (Å²) in [5.41, 5.74) is 2.81. The van der Waals surface area contributed by atoms with Crippen LogP contribution in [-0.4, -0.2) is 29.8 Å². The van der Waals surface area contributed by atoms with Crippen molar-refractivity contribution in [1.82, 2.24) is 4.90 Å². The van der Waals surface area contributed by atoms with Crippen molar-refractivity contribution in [3.8, 4) is 0 Å². The lowest BCUT2D eigenvalue weighted by atomic mass is 9.90. The molecule has 1 saturated heterocycles. The van der Waals surface area contributed by atoms with Crippen LogP contribution >= 0.6 is 0 Å². The van der Waals surface area contributed by atoms with Crippen LogP contribution in [0.5, 0.6) is 0 Å². The fourth-order valence-corrected chi connectivity index (χ4v) is 3.62. The molecule has 0 bridgehead atoms. The van der Waals surface area contributed by atoms with Gasteiger partial charge in [0.05, 0.1) is 0 Å². The summed E-state index contributed by atoms with van der Waals surface area (Å²) in [6.07, 6.45) is 4.52. The van der Waals surface area contributed by atoms with Crippen LogP contribution in [0.25, 0.3) is 0 Å². The standard InChI is InChI=1S/C23H28N2O2/c1-2-6-22(26)24-21-11-9-20(10-12-21)23(27)25-15-13-19(14-16-25)17-18-7-4-3-5-8-18/h3-5,7-12,19H,2,6,13-17H2,1H3,(H,24,26). The third kappa shape index (κ3) is 5.43. The van der Waals surface area contributed by atoms with Crippen molar-refractivity contribution < 1.29 is 9.59 Å². The predicted octanol–water partition coefficient (Wildman–Crippen LogP) is 4.52.